The van der Waals surface area contributed by atoms with Gasteiger partial charge in [0, 0.05) is 0 Å². The van der Waals surface area contributed by atoms with Crippen LogP contribution in [0.3, 0.4) is 0 Å². The van der Waals surface area contributed by atoms with Crippen LogP contribution < -0.4 is 15.0 Å². The van der Waals surface area contributed by atoms with Gasteiger partial charge in [0.1, 0.15) is 18.1 Å². The molecule has 4 nitrogen and oxygen atoms in total. The van der Waals surface area contributed by atoms with Crippen molar-refractivity contribution >= 4 is 0 Å². The van der Waals surface area contributed by atoms with Gasteiger partial charge in [-0.2, -0.15) is 5.48 Å². The van der Waals surface area contributed by atoms with Gasteiger partial charge >= 0.3 is 0 Å². The number of methoxy groups -OCH3 is 1. The van der Waals surface area contributed by atoms with Crippen molar-refractivity contribution in [2.45, 2.75) is 12.5 Å². The van der Waals surface area contributed by atoms with E-state index in [1.54, 1.807) is 7.11 Å². The van der Waals surface area contributed by atoms with Crippen LogP contribution in [0.1, 0.15) is 6.42 Å². The molecule has 0 saturated carbocycles. The standard InChI is InChI=1S/C14H17NO3/c1-17-13-6-8-14(9-7-13)18-10-11-2-4-12(15-16)5-3-11/h2-4,6-9,12,15-16H,5,10H2,1H3. The molecule has 0 amide bonds. The second-order valence-corrected chi connectivity index (χ2v) is 4.07. The Kier molecular flexibility index (Phi) is 4.39. The number of rotatable bonds is 5. The van der Waals surface area contributed by atoms with Crippen molar-refractivity contribution in [3.05, 3.63) is 48.1 Å². The molecular weight excluding hydrogens is 230 g/mol. The van der Waals surface area contributed by atoms with Gasteiger partial charge in [-0.05, 0) is 36.3 Å². The molecule has 0 aliphatic heterocycles. The zero-order chi connectivity index (χ0) is 12.8. The van der Waals surface area contributed by atoms with Crippen molar-refractivity contribution < 1.29 is 14.7 Å². The summed E-state index contributed by atoms with van der Waals surface area (Å²) in [6, 6.07) is 7.50. The molecule has 96 valence electrons. The van der Waals surface area contributed by atoms with Crippen molar-refractivity contribution in [3.63, 3.8) is 0 Å². The summed E-state index contributed by atoms with van der Waals surface area (Å²) in [5, 5.41) is 8.76. The largest absolute Gasteiger partial charge is 0.497 e. The molecule has 1 aliphatic carbocycles. The highest BCUT2D eigenvalue weighted by molar-refractivity contribution is 5.32. The molecule has 0 bridgehead atoms. The fourth-order valence-electron chi connectivity index (χ4n) is 1.71. The zero-order valence-electron chi connectivity index (χ0n) is 10.3. The van der Waals surface area contributed by atoms with Gasteiger partial charge in [-0.1, -0.05) is 18.2 Å². The molecule has 1 aromatic rings. The molecule has 1 unspecified atom stereocenters. The Balaban J connectivity index is 1.85. The third kappa shape index (κ3) is 3.35. The minimum Gasteiger partial charge on any atom is -0.497 e. The predicted octanol–water partition coefficient (Wildman–Crippen LogP) is 2.31. The molecule has 2 N–H and O–H groups in total. The predicted molar refractivity (Wildman–Crippen MR) is 69.0 cm³/mol. The Bertz CT molecular complexity index is 437. The second kappa shape index (κ2) is 6.23. The van der Waals surface area contributed by atoms with E-state index in [1.165, 1.54) is 0 Å². The summed E-state index contributed by atoms with van der Waals surface area (Å²) >= 11 is 0. The minimum absolute atomic E-state index is 0.00902. The summed E-state index contributed by atoms with van der Waals surface area (Å²) < 4.78 is 10.7. The molecule has 0 radical (unpaired) electrons. The number of hydrogen-bond donors (Lipinski definition) is 2. The van der Waals surface area contributed by atoms with Gasteiger partial charge in [-0.3, -0.25) is 0 Å². The lowest BCUT2D eigenvalue weighted by atomic mass is 10.0. The fourth-order valence-corrected chi connectivity index (χ4v) is 1.71. The number of hydrogen-bond acceptors (Lipinski definition) is 4. The molecule has 0 saturated heterocycles. The van der Waals surface area contributed by atoms with Crippen LogP contribution in [0.15, 0.2) is 48.1 Å². The highest BCUT2D eigenvalue weighted by Crippen LogP contribution is 2.18. The topological polar surface area (TPSA) is 50.7 Å². The average molecular weight is 247 g/mol. The number of hydroxylamine groups is 1. The van der Waals surface area contributed by atoms with E-state index in [4.69, 9.17) is 14.7 Å². The van der Waals surface area contributed by atoms with E-state index >= 15 is 0 Å². The van der Waals surface area contributed by atoms with E-state index in [1.807, 2.05) is 36.4 Å². The Morgan fingerprint density at radius 3 is 2.56 bits per heavy atom. The summed E-state index contributed by atoms with van der Waals surface area (Å²) in [4.78, 5) is 0. The zero-order valence-corrected chi connectivity index (χ0v) is 10.3. The maximum atomic E-state index is 8.76. The molecule has 4 heteroatoms. The first kappa shape index (κ1) is 12.7. The first-order valence-corrected chi connectivity index (χ1v) is 5.85. The van der Waals surface area contributed by atoms with Crippen molar-refractivity contribution in [2.24, 2.45) is 0 Å². The quantitative estimate of drug-likeness (QED) is 0.784. The summed E-state index contributed by atoms with van der Waals surface area (Å²) in [6.45, 7) is 0.529. The van der Waals surface area contributed by atoms with Crippen LogP contribution in [-0.2, 0) is 0 Å². The van der Waals surface area contributed by atoms with E-state index in [-0.39, 0.29) is 6.04 Å². The van der Waals surface area contributed by atoms with Crippen LogP contribution in [0.2, 0.25) is 0 Å². The van der Waals surface area contributed by atoms with E-state index in [0.717, 1.165) is 23.5 Å². The smallest absolute Gasteiger partial charge is 0.120 e. The van der Waals surface area contributed by atoms with E-state index in [9.17, 15) is 0 Å². The van der Waals surface area contributed by atoms with Crippen molar-refractivity contribution in [2.75, 3.05) is 13.7 Å². The fraction of sp³-hybridized carbons (Fsp3) is 0.286. The van der Waals surface area contributed by atoms with Crippen molar-refractivity contribution in [1.29, 1.82) is 0 Å². The highest BCUT2D eigenvalue weighted by Gasteiger charge is 2.07. The molecule has 0 spiro atoms. The number of benzene rings is 1. The monoisotopic (exact) mass is 247 g/mol. The molecule has 0 aromatic heterocycles. The van der Waals surface area contributed by atoms with Crippen LogP contribution in [0, 0.1) is 0 Å². The normalized spacial score (nSPS) is 18.3. The van der Waals surface area contributed by atoms with Crippen LogP contribution in [0.25, 0.3) is 0 Å². The summed E-state index contributed by atoms with van der Waals surface area (Å²) in [7, 11) is 1.64. The van der Waals surface area contributed by atoms with Gasteiger partial charge in [0.2, 0.25) is 0 Å². The van der Waals surface area contributed by atoms with Crippen molar-refractivity contribution in [3.8, 4) is 11.5 Å². The third-order valence-corrected chi connectivity index (χ3v) is 2.81. The Morgan fingerprint density at radius 2 is 2.00 bits per heavy atom. The highest BCUT2D eigenvalue weighted by atomic mass is 16.5. The van der Waals surface area contributed by atoms with Gasteiger partial charge in [-0.15, -0.1) is 0 Å². The second-order valence-electron chi connectivity index (χ2n) is 4.07. The lowest BCUT2D eigenvalue weighted by Crippen LogP contribution is -2.24. The molecule has 1 aromatic carbocycles. The van der Waals surface area contributed by atoms with Gasteiger partial charge in [0.05, 0.1) is 13.2 Å². The Labute approximate surface area is 106 Å². The molecular formula is C14H17NO3. The summed E-state index contributed by atoms with van der Waals surface area (Å²) in [5.74, 6) is 1.63. The van der Waals surface area contributed by atoms with Gasteiger partial charge in [-0.25, -0.2) is 0 Å². The molecule has 0 fully saturated rings. The molecule has 1 atom stereocenters. The molecule has 2 rings (SSSR count). The van der Waals surface area contributed by atoms with Gasteiger partial charge in [0.15, 0.2) is 0 Å². The van der Waals surface area contributed by atoms with Crippen LogP contribution in [0.5, 0.6) is 11.5 Å². The number of nitrogens with one attached hydrogen (secondary N) is 1. The van der Waals surface area contributed by atoms with Gasteiger partial charge in [0.25, 0.3) is 0 Å². The molecule has 0 heterocycles. The Morgan fingerprint density at radius 1 is 1.28 bits per heavy atom. The van der Waals surface area contributed by atoms with Gasteiger partial charge < -0.3 is 14.7 Å². The first-order valence-electron chi connectivity index (χ1n) is 5.85. The van der Waals surface area contributed by atoms with E-state index < -0.39 is 0 Å². The van der Waals surface area contributed by atoms with E-state index in [2.05, 4.69) is 11.6 Å². The van der Waals surface area contributed by atoms with Crippen molar-refractivity contribution in [1.82, 2.24) is 5.48 Å². The first-order chi connectivity index (χ1) is 8.81. The van der Waals surface area contributed by atoms with Crippen LogP contribution >= 0.6 is 0 Å². The Hall–Kier alpha value is -1.78. The molecule has 18 heavy (non-hydrogen) atoms. The summed E-state index contributed by atoms with van der Waals surface area (Å²) in [6.07, 6.45) is 6.71. The van der Waals surface area contributed by atoms with Crippen LogP contribution in [0.4, 0.5) is 0 Å². The lowest BCUT2D eigenvalue weighted by Gasteiger charge is -2.15. The SMILES string of the molecule is COc1ccc(OCC2=CCC(NO)C=C2)cc1. The summed E-state index contributed by atoms with van der Waals surface area (Å²) in [5.41, 5.74) is 3.33. The minimum atomic E-state index is 0.00902. The lowest BCUT2D eigenvalue weighted by molar-refractivity contribution is 0.143. The maximum Gasteiger partial charge on any atom is 0.120 e. The number of ether oxygens (including phenoxy) is 2. The maximum absolute atomic E-state index is 8.76. The molecule has 1 aliphatic rings. The average Bonchev–Trinajstić information content (AvgIpc) is 2.46. The van der Waals surface area contributed by atoms with E-state index in [0.29, 0.717) is 6.61 Å². The van der Waals surface area contributed by atoms with Crippen LogP contribution in [-0.4, -0.2) is 25.0 Å². The third-order valence-electron chi connectivity index (χ3n) is 2.81.